The first-order chi connectivity index (χ1) is 8.94. The predicted octanol–water partition coefficient (Wildman–Crippen LogP) is 2.30. The molecule has 0 unspecified atom stereocenters. The highest BCUT2D eigenvalue weighted by molar-refractivity contribution is 9.10. The summed E-state index contributed by atoms with van der Waals surface area (Å²) in [6.07, 6.45) is 2.07. The van der Waals surface area contributed by atoms with Crippen LogP contribution < -0.4 is 14.6 Å². The van der Waals surface area contributed by atoms with E-state index in [1.807, 2.05) is 18.2 Å². The fraction of sp³-hybridized carbons (Fsp3) is 0.500. The Hall–Kier alpha value is -0.790. The number of nitrogens with two attached hydrogens (primary N) is 1. The summed E-state index contributed by atoms with van der Waals surface area (Å²) in [6, 6.07) is 5.56. The molecule has 0 spiro atoms. The maximum atomic E-state index is 10.7. The van der Waals surface area contributed by atoms with Gasteiger partial charge in [-0.15, -0.1) is 0 Å². The molecule has 0 aliphatic heterocycles. The number of sulfonamides is 1. The van der Waals surface area contributed by atoms with Crippen LogP contribution in [0.15, 0.2) is 22.7 Å². The third-order valence-electron chi connectivity index (χ3n) is 2.47. The third kappa shape index (κ3) is 6.26. The van der Waals surface area contributed by atoms with E-state index in [4.69, 9.17) is 14.6 Å². The van der Waals surface area contributed by atoms with Crippen molar-refractivity contribution in [2.45, 2.75) is 19.3 Å². The van der Waals surface area contributed by atoms with E-state index in [0.29, 0.717) is 24.5 Å². The van der Waals surface area contributed by atoms with Gasteiger partial charge in [-0.2, -0.15) is 0 Å². The first kappa shape index (κ1) is 16.3. The summed E-state index contributed by atoms with van der Waals surface area (Å²) in [5.41, 5.74) is 0. The Morgan fingerprint density at radius 1 is 1.26 bits per heavy atom. The van der Waals surface area contributed by atoms with Crippen molar-refractivity contribution in [1.82, 2.24) is 0 Å². The van der Waals surface area contributed by atoms with E-state index in [0.717, 1.165) is 17.3 Å². The lowest BCUT2D eigenvalue weighted by molar-refractivity contribution is 0.284. The zero-order valence-electron chi connectivity index (χ0n) is 10.8. The van der Waals surface area contributed by atoms with Gasteiger partial charge in [-0.25, -0.2) is 13.6 Å². The molecule has 1 aromatic carbocycles. The lowest BCUT2D eigenvalue weighted by atomic mass is 10.2. The van der Waals surface area contributed by atoms with E-state index in [1.165, 1.54) is 0 Å². The second-order valence-corrected chi connectivity index (χ2v) is 6.64. The van der Waals surface area contributed by atoms with Gasteiger partial charge in [0.25, 0.3) is 0 Å². The van der Waals surface area contributed by atoms with Crippen LogP contribution in [0.1, 0.15) is 19.3 Å². The van der Waals surface area contributed by atoms with Crippen molar-refractivity contribution in [1.29, 1.82) is 0 Å². The van der Waals surface area contributed by atoms with Gasteiger partial charge < -0.3 is 9.47 Å². The Bertz CT molecular complexity index is 504. The summed E-state index contributed by atoms with van der Waals surface area (Å²) >= 11 is 3.40. The lowest BCUT2D eigenvalue weighted by Crippen LogP contribution is -2.16. The van der Waals surface area contributed by atoms with Crippen LogP contribution in [0, 0.1) is 0 Å². The van der Waals surface area contributed by atoms with Gasteiger partial charge in [-0.3, -0.25) is 0 Å². The number of unbranched alkanes of at least 4 members (excludes halogenated alkanes) is 2. The van der Waals surface area contributed by atoms with Crippen LogP contribution in [0.25, 0.3) is 0 Å². The third-order valence-corrected chi connectivity index (χ3v) is 3.95. The minimum atomic E-state index is -3.35. The van der Waals surface area contributed by atoms with Crippen molar-refractivity contribution in [3.05, 3.63) is 22.7 Å². The Morgan fingerprint density at radius 3 is 2.63 bits per heavy atom. The van der Waals surface area contributed by atoms with Gasteiger partial charge in [-0.1, -0.05) is 6.07 Å². The first-order valence-electron chi connectivity index (χ1n) is 5.90. The first-order valence-corrected chi connectivity index (χ1v) is 8.40. The summed E-state index contributed by atoms with van der Waals surface area (Å²) in [4.78, 5) is 0. The normalized spacial score (nSPS) is 11.3. The van der Waals surface area contributed by atoms with Gasteiger partial charge >= 0.3 is 0 Å². The van der Waals surface area contributed by atoms with E-state index >= 15 is 0 Å². The minimum Gasteiger partial charge on any atom is -0.493 e. The van der Waals surface area contributed by atoms with Crippen LogP contribution in [-0.4, -0.2) is 27.9 Å². The number of halogens is 1. The smallest absolute Gasteiger partial charge is 0.209 e. The zero-order chi connectivity index (χ0) is 14.3. The molecular weight excluding hydrogens is 334 g/mol. The van der Waals surface area contributed by atoms with Gasteiger partial charge in [0, 0.05) is 0 Å². The second-order valence-electron chi connectivity index (χ2n) is 4.05. The molecule has 0 radical (unpaired) electrons. The van der Waals surface area contributed by atoms with Crippen LogP contribution >= 0.6 is 15.9 Å². The van der Waals surface area contributed by atoms with Crippen LogP contribution in [0.3, 0.4) is 0 Å². The molecule has 108 valence electrons. The molecule has 0 aliphatic rings. The molecule has 1 aromatic rings. The minimum absolute atomic E-state index is 0.0192. The summed E-state index contributed by atoms with van der Waals surface area (Å²) in [7, 11) is -1.77. The highest BCUT2D eigenvalue weighted by atomic mass is 79.9. The molecule has 1 rings (SSSR count). The van der Waals surface area contributed by atoms with Gasteiger partial charge in [0.05, 0.1) is 23.9 Å². The number of primary sulfonamides is 1. The number of benzene rings is 1. The fourth-order valence-corrected chi connectivity index (χ4v) is 2.62. The van der Waals surface area contributed by atoms with Gasteiger partial charge in [0.1, 0.15) is 0 Å². The highest BCUT2D eigenvalue weighted by Gasteiger charge is 2.08. The largest absolute Gasteiger partial charge is 0.493 e. The molecule has 0 amide bonds. The molecule has 0 atom stereocenters. The number of hydrogen-bond acceptors (Lipinski definition) is 4. The quantitative estimate of drug-likeness (QED) is 0.728. The number of methoxy groups -OCH3 is 1. The molecule has 0 saturated heterocycles. The SMILES string of the molecule is COc1cccc(Br)c1OCCCCCS(N)(=O)=O. The van der Waals surface area contributed by atoms with Gasteiger partial charge in [-0.05, 0) is 47.3 Å². The maximum absolute atomic E-state index is 10.7. The Kier molecular flexibility index (Phi) is 6.60. The lowest BCUT2D eigenvalue weighted by Gasteiger charge is -2.12. The Labute approximate surface area is 122 Å². The molecule has 0 fully saturated rings. The second kappa shape index (κ2) is 7.72. The van der Waals surface area contributed by atoms with Crippen molar-refractivity contribution in [3.8, 4) is 11.5 Å². The van der Waals surface area contributed by atoms with E-state index in [9.17, 15) is 8.42 Å². The molecule has 7 heteroatoms. The monoisotopic (exact) mass is 351 g/mol. The summed E-state index contributed by atoms with van der Waals surface area (Å²) < 4.78 is 33.1. The molecule has 0 aliphatic carbocycles. The van der Waals surface area contributed by atoms with E-state index in [2.05, 4.69) is 15.9 Å². The topological polar surface area (TPSA) is 78.6 Å². The van der Waals surface area contributed by atoms with E-state index in [1.54, 1.807) is 7.11 Å². The van der Waals surface area contributed by atoms with Crippen molar-refractivity contribution in [2.75, 3.05) is 19.5 Å². The van der Waals surface area contributed by atoms with Crippen molar-refractivity contribution in [2.24, 2.45) is 5.14 Å². The molecule has 0 aromatic heterocycles. The number of para-hydroxylation sites is 1. The van der Waals surface area contributed by atoms with Crippen LogP contribution in [-0.2, 0) is 10.0 Å². The Morgan fingerprint density at radius 2 is 2.00 bits per heavy atom. The van der Waals surface area contributed by atoms with E-state index in [-0.39, 0.29) is 5.75 Å². The molecule has 19 heavy (non-hydrogen) atoms. The molecule has 0 bridgehead atoms. The van der Waals surface area contributed by atoms with Crippen molar-refractivity contribution in [3.63, 3.8) is 0 Å². The predicted molar refractivity (Wildman–Crippen MR) is 78.0 cm³/mol. The number of ether oxygens (including phenoxy) is 2. The standard InChI is InChI=1S/C12H18BrNO4S/c1-17-11-7-5-6-10(13)12(11)18-8-3-2-4-9-19(14,15)16/h5-7H,2-4,8-9H2,1H3,(H2,14,15,16). The number of rotatable bonds is 8. The van der Waals surface area contributed by atoms with Gasteiger partial charge in [0.2, 0.25) is 10.0 Å². The summed E-state index contributed by atoms with van der Waals surface area (Å²) in [5.74, 6) is 1.35. The summed E-state index contributed by atoms with van der Waals surface area (Å²) in [5, 5.41) is 4.92. The molecule has 5 nitrogen and oxygen atoms in total. The maximum Gasteiger partial charge on any atom is 0.209 e. The van der Waals surface area contributed by atoms with Crippen molar-refractivity contribution < 1.29 is 17.9 Å². The Balaban J connectivity index is 2.34. The van der Waals surface area contributed by atoms with Crippen LogP contribution in [0.5, 0.6) is 11.5 Å². The average Bonchev–Trinajstić information content (AvgIpc) is 2.33. The summed E-state index contributed by atoms with van der Waals surface area (Å²) in [6.45, 7) is 0.504. The zero-order valence-corrected chi connectivity index (χ0v) is 13.2. The average molecular weight is 352 g/mol. The molecule has 2 N–H and O–H groups in total. The number of hydrogen-bond donors (Lipinski definition) is 1. The molecule has 0 heterocycles. The van der Waals surface area contributed by atoms with Crippen LogP contribution in [0.4, 0.5) is 0 Å². The van der Waals surface area contributed by atoms with E-state index < -0.39 is 10.0 Å². The van der Waals surface area contributed by atoms with Gasteiger partial charge in [0.15, 0.2) is 11.5 Å². The fourth-order valence-electron chi connectivity index (χ4n) is 1.55. The van der Waals surface area contributed by atoms with Crippen molar-refractivity contribution >= 4 is 26.0 Å². The molecular formula is C12H18BrNO4S. The van der Waals surface area contributed by atoms with Crippen LogP contribution in [0.2, 0.25) is 0 Å². The molecule has 0 saturated carbocycles. The highest BCUT2D eigenvalue weighted by Crippen LogP contribution is 2.34.